The van der Waals surface area contributed by atoms with Crippen LogP contribution in [-0.2, 0) is 10.0 Å². The number of nitrogens with zero attached hydrogens (tertiary/aromatic N) is 1. The standard InChI is InChI=1S/C15H25N3O2S/c1-11-7-14(21(16,19)20)8-15(12(11)2)17-9-13-5-4-6-18(3)10-13/h7-8,13,17H,4-6,9-10H2,1-3H3,(H2,16,19,20). The molecule has 21 heavy (non-hydrogen) atoms. The highest BCUT2D eigenvalue weighted by atomic mass is 32.2. The number of hydrogen-bond acceptors (Lipinski definition) is 4. The SMILES string of the molecule is Cc1cc(S(N)(=O)=O)cc(NCC2CCCN(C)C2)c1C. The van der Waals surface area contributed by atoms with Gasteiger partial charge >= 0.3 is 0 Å². The Hall–Kier alpha value is -1.11. The lowest BCUT2D eigenvalue weighted by molar-refractivity contribution is 0.217. The van der Waals surface area contributed by atoms with Gasteiger partial charge in [0.15, 0.2) is 0 Å². The number of sulfonamides is 1. The summed E-state index contributed by atoms with van der Waals surface area (Å²) < 4.78 is 23.1. The van der Waals surface area contributed by atoms with Crippen LogP contribution in [0.1, 0.15) is 24.0 Å². The molecule has 5 nitrogen and oxygen atoms in total. The summed E-state index contributed by atoms with van der Waals surface area (Å²) in [6, 6.07) is 3.27. The van der Waals surface area contributed by atoms with Gasteiger partial charge < -0.3 is 10.2 Å². The van der Waals surface area contributed by atoms with Crippen molar-refractivity contribution in [3.63, 3.8) is 0 Å². The van der Waals surface area contributed by atoms with Gasteiger partial charge in [0.2, 0.25) is 10.0 Å². The Bertz CT molecular complexity index is 614. The topological polar surface area (TPSA) is 75.4 Å². The van der Waals surface area contributed by atoms with Gasteiger partial charge in [-0.05, 0) is 69.5 Å². The zero-order valence-electron chi connectivity index (χ0n) is 13.0. The summed E-state index contributed by atoms with van der Waals surface area (Å²) in [4.78, 5) is 2.52. The largest absolute Gasteiger partial charge is 0.384 e. The third kappa shape index (κ3) is 4.18. The van der Waals surface area contributed by atoms with Gasteiger partial charge in [-0.15, -0.1) is 0 Å². The molecule has 0 spiro atoms. The van der Waals surface area contributed by atoms with Gasteiger partial charge in [0.05, 0.1) is 4.90 Å². The Morgan fingerprint density at radius 2 is 2.10 bits per heavy atom. The molecule has 6 heteroatoms. The van der Waals surface area contributed by atoms with Crippen LogP contribution in [0.15, 0.2) is 17.0 Å². The number of nitrogens with two attached hydrogens (primary N) is 1. The molecule has 0 bridgehead atoms. The molecule has 1 aliphatic rings. The van der Waals surface area contributed by atoms with E-state index < -0.39 is 10.0 Å². The summed E-state index contributed by atoms with van der Waals surface area (Å²) in [6.07, 6.45) is 2.43. The van der Waals surface area contributed by atoms with Crippen LogP contribution in [0.4, 0.5) is 5.69 Å². The predicted molar refractivity (Wildman–Crippen MR) is 86.0 cm³/mol. The number of hydrogen-bond donors (Lipinski definition) is 2. The monoisotopic (exact) mass is 311 g/mol. The Kier molecular flexibility index (Phi) is 4.91. The molecule has 3 N–H and O–H groups in total. The molecule has 0 saturated carbocycles. The van der Waals surface area contributed by atoms with Crippen molar-refractivity contribution >= 4 is 15.7 Å². The summed E-state index contributed by atoms with van der Waals surface area (Å²) in [7, 11) is -1.52. The van der Waals surface area contributed by atoms with Gasteiger partial charge in [-0.25, -0.2) is 13.6 Å². The van der Waals surface area contributed by atoms with Crippen LogP contribution < -0.4 is 10.5 Å². The second kappa shape index (κ2) is 6.34. The van der Waals surface area contributed by atoms with Gasteiger partial charge in [0.25, 0.3) is 0 Å². The van der Waals surface area contributed by atoms with E-state index in [-0.39, 0.29) is 4.90 Å². The minimum Gasteiger partial charge on any atom is -0.384 e. The summed E-state index contributed by atoms with van der Waals surface area (Å²) in [5.41, 5.74) is 2.88. The summed E-state index contributed by atoms with van der Waals surface area (Å²) >= 11 is 0. The number of benzene rings is 1. The Morgan fingerprint density at radius 3 is 2.71 bits per heavy atom. The van der Waals surface area contributed by atoms with Crippen LogP contribution in [-0.4, -0.2) is 40.0 Å². The summed E-state index contributed by atoms with van der Waals surface area (Å²) in [6.45, 7) is 7.01. The van der Waals surface area contributed by atoms with Crippen LogP contribution in [0.2, 0.25) is 0 Å². The maximum atomic E-state index is 11.5. The van der Waals surface area contributed by atoms with Gasteiger partial charge in [-0.2, -0.15) is 0 Å². The molecule has 1 aliphatic heterocycles. The lowest BCUT2D eigenvalue weighted by Gasteiger charge is -2.30. The lowest BCUT2D eigenvalue weighted by atomic mass is 9.98. The van der Waals surface area contributed by atoms with Gasteiger partial charge in [-0.3, -0.25) is 0 Å². The smallest absolute Gasteiger partial charge is 0.238 e. The van der Waals surface area contributed by atoms with Crippen LogP contribution in [0, 0.1) is 19.8 Å². The summed E-state index contributed by atoms with van der Waals surface area (Å²) in [5.74, 6) is 0.599. The van der Waals surface area contributed by atoms with E-state index in [1.807, 2.05) is 13.8 Å². The predicted octanol–water partition coefficient (Wildman–Crippen LogP) is 1.70. The zero-order chi connectivity index (χ0) is 15.6. The third-order valence-electron chi connectivity index (χ3n) is 4.27. The highest BCUT2D eigenvalue weighted by molar-refractivity contribution is 7.89. The average molecular weight is 311 g/mol. The van der Waals surface area contributed by atoms with Crippen molar-refractivity contribution in [1.29, 1.82) is 0 Å². The lowest BCUT2D eigenvalue weighted by Crippen LogP contribution is -2.35. The fraction of sp³-hybridized carbons (Fsp3) is 0.600. The zero-order valence-corrected chi connectivity index (χ0v) is 13.8. The first-order valence-electron chi connectivity index (χ1n) is 7.34. The molecule has 1 fully saturated rings. The van der Waals surface area contributed by atoms with Crippen LogP contribution in [0.3, 0.4) is 0 Å². The van der Waals surface area contributed by atoms with E-state index in [9.17, 15) is 8.42 Å². The maximum absolute atomic E-state index is 11.5. The number of rotatable bonds is 4. The average Bonchev–Trinajstić information content (AvgIpc) is 2.39. The van der Waals surface area contributed by atoms with Crippen molar-refractivity contribution in [3.8, 4) is 0 Å². The molecular formula is C15H25N3O2S. The fourth-order valence-corrected chi connectivity index (χ4v) is 3.49. The van der Waals surface area contributed by atoms with E-state index in [4.69, 9.17) is 5.14 Å². The molecule has 118 valence electrons. The molecule has 1 unspecified atom stereocenters. The molecule has 1 atom stereocenters. The molecule has 0 radical (unpaired) electrons. The van der Waals surface area contributed by atoms with E-state index >= 15 is 0 Å². The number of aryl methyl sites for hydroxylation is 1. The Labute approximate surface area is 127 Å². The first kappa shape index (κ1) is 16.3. The Balaban J connectivity index is 2.14. The van der Waals surface area contributed by atoms with Crippen molar-refractivity contribution in [2.75, 3.05) is 32.0 Å². The van der Waals surface area contributed by atoms with Crippen molar-refractivity contribution in [2.45, 2.75) is 31.6 Å². The fourth-order valence-electron chi connectivity index (χ4n) is 2.87. The normalized spacial score (nSPS) is 20.5. The molecule has 0 aromatic heterocycles. The summed E-state index contributed by atoms with van der Waals surface area (Å²) in [5, 5.41) is 8.65. The van der Waals surface area contributed by atoms with E-state index in [1.165, 1.54) is 12.8 Å². The molecule has 1 aromatic rings. The van der Waals surface area contributed by atoms with Crippen LogP contribution in [0.25, 0.3) is 0 Å². The van der Waals surface area contributed by atoms with Crippen molar-refractivity contribution < 1.29 is 8.42 Å². The number of nitrogens with one attached hydrogen (secondary N) is 1. The second-order valence-corrected chi connectivity index (χ2v) is 7.67. The van der Waals surface area contributed by atoms with Crippen molar-refractivity contribution in [3.05, 3.63) is 23.3 Å². The Morgan fingerprint density at radius 1 is 1.38 bits per heavy atom. The molecule has 0 amide bonds. The maximum Gasteiger partial charge on any atom is 0.238 e. The highest BCUT2D eigenvalue weighted by Gasteiger charge is 2.18. The first-order valence-corrected chi connectivity index (χ1v) is 8.88. The number of anilines is 1. The molecule has 1 heterocycles. The van der Waals surface area contributed by atoms with Gasteiger partial charge in [0, 0.05) is 18.8 Å². The quantitative estimate of drug-likeness (QED) is 0.887. The second-order valence-electron chi connectivity index (χ2n) is 6.11. The van der Waals surface area contributed by atoms with Crippen molar-refractivity contribution in [2.24, 2.45) is 11.1 Å². The minimum atomic E-state index is -3.66. The van der Waals surface area contributed by atoms with Gasteiger partial charge in [0.1, 0.15) is 0 Å². The van der Waals surface area contributed by atoms with E-state index in [0.717, 1.165) is 36.4 Å². The number of primary sulfonamides is 1. The van der Waals surface area contributed by atoms with Crippen LogP contribution in [0.5, 0.6) is 0 Å². The molecule has 1 aromatic carbocycles. The van der Waals surface area contributed by atoms with Crippen LogP contribution >= 0.6 is 0 Å². The third-order valence-corrected chi connectivity index (χ3v) is 5.17. The van der Waals surface area contributed by atoms with E-state index in [2.05, 4.69) is 17.3 Å². The highest BCUT2D eigenvalue weighted by Crippen LogP contribution is 2.24. The number of piperidine rings is 1. The van der Waals surface area contributed by atoms with Gasteiger partial charge in [-0.1, -0.05) is 0 Å². The molecule has 1 saturated heterocycles. The van der Waals surface area contributed by atoms with E-state index in [1.54, 1.807) is 12.1 Å². The van der Waals surface area contributed by atoms with E-state index in [0.29, 0.717) is 5.92 Å². The minimum absolute atomic E-state index is 0.175. The van der Waals surface area contributed by atoms with Crippen molar-refractivity contribution in [1.82, 2.24) is 4.90 Å². The molecule has 2 rings (SSSR count). The first-order chi connectivity index (χ1) is 9.77. The molecular weight excluding hydrogens is 286 g/mol. The molecule has 0 aliphatic carbocycles. The number of likely N-dealkylation sites (tertiary alicyclic amines) is 1.